The minimum absolute atomic E-state index is 0.00694. The van der Waals surface area contributed by atoms with Crippen LogP contribution in [0.15, 0.2) is 21.5 Å². The summed E-state index contributed by atoms with van der Waals surface area (Å²) in [5, 5.41) is 18.3. The Morgan fingerprint density at radius 2 is 1.89 bits per heavy atom. The van der Waals surface area contributed by atoms with Gasteiger partial charge in [-0.1, -0.05) is 15.9 Å². The van der Waals surface area contributed by atoms with Crippen LogP contribution in [0.5, 0.6) is 0 Å². The Hall–Kier alpha value is -0.670. The number of aliphatic hydroxyl groups excluding tert-OH is 2. The number of benzene rings is 1. The SMILES string of the molecule is Cc1c(N)cc(Br)cc1S(=O)(=O)NC(C)(CO)CO. The number of nitrogens with one attached hydrogen (secondary N) is 1. The lowest BCUT2D eigenvalue weighted by molar-refractivity contribution is 0.121. The zero-order chi connectivity index (χ0) is 14.8. The zero-order valence-electron chi connectivity index (χ0n) is 10.6. The molecule has 19 heavy (non-hydrogen) atoms. The third-order valence-corrected chi connectivity index (χ3v) is 4.96. The topological polar surface area (TPSA) is 113 Å². The summed E-state index contributed by atoms with van der Waals surface area (Å²) < 4.78 is 27.4. The van der Waals surface area contributed by atoms with E-state index in [1.54, 1.807) is 13.0 Å². The first-order chi connectivity index (χ1) is 8.65. The highest BCUT2D eigenvalue weighted by Crippen LogP contribution is 2.27. The van der Waals surface area contributed by atoms with Gasteiger partial charge in [-0.25, -0.2) is 13.1 Å². The molecule has 0 amide bonds. The summed E-state index contributed by atoms with van der Waals surface area (Å²) in [6.07, 6.45) is 0. The predicted molar refractivity (Wildman–Crippen MR) is 76.2 cm³/mol. The van der Waals surface area contributed by atoms with Crippen LogP contribution in [-0.4, -0.2) is 37.4 Å². The Morgan fingerprint density at radius 1 is 1.37 bits per heavy atom. The maximum atomic E-state index is 12.3. The first kappa shape index (κ1) is 16.4. The van der Waals surface area contributed by atoms with Gasteiger partial charge >= 0.3 is 0 Å². The zero-order valence-corrected chi connectivity index (χ0v) is 13.0. The van der Waals surface area contributed by atoms with Crippen molar-refractivity contribution in [2.45, 2.75) is 24.3 Å². The monoisotopic (exact) mass is 352 g/mol. The van der Waals surface area contributed by atoms with Crippen LogP contribution in [0.4, 0.5) is 5.69 Å². The van der Waals surface area contributed by atoms with Gasteiger partial charge < -0.3 is 15.9 Å². The second-order valence-corrected chi connectivity index (χ2v) is 7.17. The molecular formula is C11H17BrN2O4S. The lowest BCUT2D eigenvalue weighted by atomic mass is 10.1. The van der Waals surface area contributed by atoms with Gasteiger partial charge in [-0.3, -0.25) is 0 Å². The third-order valence-electron chi connectivity index (χ3n) is 2.73. The van der Waals surface area contributed by atoms with Crippen LogP contribution in [0.25, 0.3) is 0 Å². The molecule has 0 unspecified atom stereocenters. The molecular weight excluding hydrogens is 336 g/mol. The Labute approximate surface area is 120 Å². The van der Waals surface area contributed by atoms with Crippen molar-refractivity contribution < 1.29 is 18.6 Å². The fraction of sp³-hybridized carbons (Fsp3) is 0.455. The van der Waals surface area contributed by atoms with Crippen molar-refractivity contribution in [3.63, 3.8) is 0 Å². The Balaban J connectivity index is 3.29. The van der Waals surface area contributed by atoms with Gasteiger partial charge in [0.2, 0.25) is 10.0 Å². The molecule has 0 spiro atoms. The first-order valence-electron chi connectivity index (χ1n) is 5.46. The molecule has 0 fully saturated rings. The van der Waals surface area contributed by atoms with E-state index < -0.39 is 28.8 Å². The molecule has 108 valence electrons. The fourth-order valence-corrected chi connectivity index (χ4v) is 3.77. The van der Waals surface area contributed by atoms with Gasteiger partial charge in [-0.05, 0) is 31.5 Å². The van der Waals surface area contributed by atoms with Crippen molar-refractivity contribution in [2.75, 3.05) is 18.9 Å². The maximum Gasteiger partial charge on any atom is 0.241 e. The molecule has 0 aliphatic carbocycles. The van der Waals surface area contributed by atoms with E-state index in [2.05, 4.69) is 20.7 Å². The molecule has 1 aromatic carbocycles. The van der Waals surface area contributed by atoms with Crippen molar-refractivity contribution in [1.82, 2.24) is 4.72 Å². The maximum absolute atomic E-state index is 12.3. The molecule has 0 aromatic heterocycles. The van der Waals surface area contributed by atoms with Gasteiger partial charge in [0.1, 0.15) is 0 Å². The second-order valence-electron chi connectivity index (χ2n) is 4.60. The van der Waals surface area contributed by atoms with E-state index in [1.807, 2.05) is 0 Å². The van der Waals surface area contributed by atoms with E-state index >= 15 is 0 Å². The van der Waals surface area contributed by atoms with Crippen LogP contribution < -0.4 is 10.5 Å². The van der Waals surface area contributed by atoms with Crippen LogP contribution in [0.1, 0.15) is 12.5 Å². The molecule has 0 saturated carbocycles. The van der Waals surface area contributed by atoms with Crippen LogP contribution in [0.3, 0.4) is 0 Å². The van der Waals surface area contributed by atoms with Crippen molar-refractivity contribution >= 4 is 31.6 Å². The molecule has 8 heteroatoms. The largest absolute Gasteiger partial charge is 0.398 e. The molecule has 0 saturated heterocycles. The Morgan fingerprint density at radius 3 is 2.37 bits per heavy atom. The molecule has 0 heterocycles. The normalized spacial score (nSPS) is 12.7. The molecule has 0 aliphatic heterocycles. The number of hydrogen-bond acceptors (Lipinski definition) is 5. The van der Waals surface area contributed by atoms with Gasteiger partial charge in [0.15, 0.2) is 0 Å². The molecule has 5 N–H and O–H groups in total. The van der Waals surface area contributed by atoms with E-state index in [4.69, 9.17) is 15.9 Å². The van der Waals surface area contributed by atoms with E-state index in [-0.39, 0.29) is 4.90 Å². The lowest BCUT2D eigenvalue weighted by Crippen LogP contribution is -2.51. The summed E-state index contributed by atoms with van der Waals surface area (Å²) in [5.41, 5.74) is 5.14. The number of nitrogen functional groups attached to an aromatic ring is 1. The highest BCUT2D eigenvalue weighted by atomic mass is 79.9. The predicted octanol–water partition coefficient (Wildman–Crippen LogP) is 0.361. The minimum Gasteiger partial charge on any atom is -0.398 e. The first-order valence-corrected chi connectivity index (χ1v) is 7.74. The smallest absolute Gasteiger partial charge is 0.241 e. The number of nitrogens with two attached hydrogens (primary N) is 1. The van der Waals surface area contributed by atoms with Crippen molar-refractivity contribution in [3.05, 3.63) is 22.2 Å². The summed E-state index contributed by atoms with van der Waals surface area (Å²) in [4.78, 5) is 0.00694. The Kier molecular flexibility index (Phi) is 4.97. The van der Waals surface area contributed by atoms with Crippen molar-refractivity contribution in [2.24, 2.45) is 0 Å². The molecule has 0 bridgehead atoms. The number of rotatable bonds is 5. The van der Waals surface area contributed by atoms with Gasteiger partial charge in [-0.2, -0.15) is 0 Å². The number of sulfonamides is 1. The molecule has 1 rings (SSSR count). The molecule has 6 nitrogen and oxygen atoms in total. The summed E-state index contributed by atoms with van der Waals surface area (Å²) in [6, 6.07) is 3.02. The molecule has 0 aliphatic rings. The standard InChI is InChI=1S/C11H17BrN2O4S/c1-7-9(13)3-8(12)4-10(7)19(17,18)14-11(2,5-15)6-16/h3-4,14-16H,5-6,13H2,1-2H3. The number of aliphatic hydroxyl groups is 2. The average molecular weight is 353 g/mol. The summed E-state index contributed by atoms with van der Waals surface area (Å²) in [5.74, 6) is 0. The average Bonchev–Trinajstić information content (AvgIpc) is 2.32. The second kappa shape index (κ2) is 5.76. The van der Waals surface area contributed by atoms with E-state index in [0.29, 0.717) is 15.7 Å². The van der Waals surface area contributed by atoms with Gasteiger partial charge in [0.05, 0.1) is 23.6 Å². The summed E-state index contributed by atoms with van der Waals surface area (Å²) in [7, 11) is -3.90. The van der Waals surface area contributed by atoms with Gasteiger partial charge in [0.25, 0.3) is 0 Å². The van der Waals surface area contributed by atoms with Crippen LogP contribution >= 0.6 is 15.9 Å². The number of halogens is 1. The van der Waals surface area contributed by atoms with Crippen molar-refractivity contribution in [1.29, 1.82) is 0 Å². The molecule has 0 radical (unpaired) electrons. The minimum atomic E-state index is -3.90. The Bertz CT molecular complexity index is 570. The number of hydrogen-bond donors (Lipinski definition) is 4. The molecule has 1 aromatic rings. The number of anilines is 1. The van der Waals surface area contributed by atoms with E-state index in [0.717, 1.165) is 0 Å². The summed E-state index contributed by atoms with van der Waals surface area (Å²) in [6.45, 7) is 1.95. The van der Waals surface area contributed by atoms with Gasteiger partial charge in [-0.15, -0.1) is 0 Å². The van der Waals surface area contributed by atoms with Crippen molar-refractivity contribution in [3.8, 4) is 0 Å². The van der Waals surface area contributed by atoms with Crippen LogP contribution in [-0.2, 0) is 10.0 Å². The summed E-state index contributed by atoms with van der Waals surface area (Å²) >= 11 is 3.18. The van der Waals surface area contributed by atoms with E-state index in [9.17, 15) is 8.42 Å². The highest BCUT2D eigenvalue weighted by Gasteiger charge is 2.30. The van der Waals surface area contributed by atoms with E-state index in [1.165, 1.54) is 13.0 Å². The van der Waals surface area contributed by atoms with Gasteiger partial charge in [0, 0.05) is 10.2 Å². The van der Waals surface area contributed by atoms with Crippen LogP contribution in [0, 0.1) is 6.92 Å². The van der Waals surface area contributed by atoms with Crippen LogP contribution in [0.2, 0.25) is 0 Å². The lowest BCUT2D eigenvalue weighted by Gasteiger charge is -2.26. The molecule has 0 atom stereocenters. The highest BCUT2D eigenvalue weighted by molar-refractivity contribution is 9.10. The quantitative estimate of drug-likeness (QED) is 0.571. The fourth-order valence-electron chi connectivity index (χ4n) is 1.45. The third kappa shape index (κ3) is 3.67.